The van der Waals surface area contributed by atoms with Gasteiger partial charge < -0.3 is 15.6 Å². The first-order chi connectivity index (χ1) is 10.0. The number of hydrogen-bond donors (Lipinski definition) is 2. The minimum absolute atomic E-state index is 0.164. The van der Waals surface area contributed by atoms with Crippen molar-refractivity contribution in [2.75, 3.05) is 11.1 Å². The van der Waals surface area contributed by atoms with Gasteiger partial charge in [0.25, 0.3) is 5.56 Å². The van der Waals surface area contributed by atoms with Crippen LogP contribution in [0.1, 0.15) is 11.1 Å². The zero-order valence-corrected chi connectivity index (χ0v) is 11.5. The van der Waals surface area contributed by atoms with Gasteiger partial charge in [-0.05, 0) is 24.6 Å². The van der Waals surface area contributed by atoms with Crippen molar-refractivity contribution in [3.8, 4) is 6.07 Å². The summed E-state index contributed by atoms with van der Waals surface area (Å²) in [5.41, 5.74) is 7.28. The molecule has 0 saturated heterocycles. The van der Waals surface area contributed by atoms with Crippen LogP contribution < -0.4 is 16.6 Å². The quantitative estimate of drug-likeness (QED) is 0.884. The Morgan fingerprint density at radius 2 is 2.14 bits per heavy atom. The third kappa shape index (κ3) is 3.28. The fraction of sp³-hybridized carbons (Fsp3) is 0.133. The summed E-state index contributed by atoms with van der Waals surface area (Å²) in [5.74, 6) is -0.398. The zero-order valence-electron chi connectivity index (χ0n) is 11.5. The number of aryl methyl sites for hydroxylation is 1. The van der Waals surface area contributed by atoms with Crippen LogP contribution in [0.25, 0.3) is 0 Å². The number of pyridine rings is 1. The lowest BCUT2D eigenvalue weighted by Gasteiger charge is -2.10. The summed E-state index contributed by atoms with van der Waals surface area (Å²) in [6, 6.07) is 10.0. The van der Waals surface area contributed by atoms with Crippen molar-refractivity contribution in [3.63, 3.8) is 0 Å². The maximum Gasteiger partial charge on any atom is 0.251 e. The predicted octanol–water partition coefficient (Wildman–Crippen LogP) is 1.25. The first kappa shape index (κ1) is 14.3. The summed E-state index contributed by atoms with van der Waals surface area (Å²) in [6.45, 7) is 1.62. The van der Waals surface area contributed by atoms with Gasteiger partial charge in [0.15, 0.2) is 0 Å². The lowest BCUT2D eigenvalue weighted by atomic mass is 10.1. The molecule has 6 nitrogen and oxygen atoms in total. The van der Waals surface area contributed by atoms with E-state index >= 15 is 0 Å². The number of nitrogens with two attached hydrogens (primary N) is 1. The number of aromatic nitrogens is 1. The largest absolute Gasteiger partial charge is 0.398 e. The number of nitrogens with zero attached hydrogens (tertiary/aromatic N) is 2. The van der Waals surface area contributed by atoms with Crippen LogP contribution in [0.5, 0.6) is 0 Å². The Morgan fingerprint density at radius 3 is 2.86 bits per heavy atom. The highest BCUT2D eigenvalue weighted by molar-refractivity contribution is 5.92. The van der Waals surface area contributed by atoms with E-state index in [0.717, 1.165) is 5.56 Å². The molecule has 0 unspecified atom stereocenters. The Morgan fingerprint density at radius 1 is 1.38 bits per heavy atom. The lowest BCUT2D eigenvalue weighted by molar-refractivity contribution is -0.116. The van der Waals surface area contributed by atoms with Crippen LogP contribution in [-0.2, 0) is 11.3 Å². The molecule has 1 amide bonds. The van der Waals surface area contributed by atoms with Crippen molar-refractivity contribution >= 4 is 17.3 Å². The first-order valence-electron chi connectivity index (χ1n) is 6.27. The standard InChI is InChI=1S/C15H14N4O2/c1-10-3-2-4-13(12(10)7-16)18-14(20)9-19-8-11(17)5-6-15(19)21/h2-6,8H,9,17H2,1H3,(H,18,20). The van der Waals surface area contributed by atoms with Crippen LogP contribution in [0.4, 0.5) is 11.4 Å². The van der Waals surface area contributed by atoms with Gasteiger partial charge in [-0.15, -0.1) is 0 Å². The van der Waals surface area contributed by atoms with Crippen LogP contribution in [-0.4, -0.2) is 10.5 Å². The maximum atomic E-state index is 12.0. The molecule has 1 heterocycles. The number of carbonyl (C=O) groups excluding carboxylic acids is 1. The molecule has 0 aliphatic heterocycles. The monoisotopic (exact) mass is 282 g/mol. The fourth-order valence-corrected chi connectivity index (χ4v) is 1.94. The minimum Gasteiger partial charge on any atom is -0.398 e. The van der Waals surface area contributed by atoms with E-state index < -0.39 is 5.91 Å². The molecule has 106 valence electrons. The van der Waals surface area contributed by atoms with E-state index in [4.69, 9.17) is 11.0 Å². The summed E-state index contributed by atoms with van der Waals surface area (Å²) in [7, 11) is 0. The number of carbonyl (C=O) groups is 1. The summed E-state index contributed by atoms with van der Waals surface area (Å²) in [5, 5.41) is 11.7. The third-order valence-electron chi connectivity index (χ3n) is 2.98. The average Bonchev–Trinajstić information content (AvgIpc) is 2.43. The van der Waals surface area contributed by atoms with Gasteiger partial charge in [-0.3, -0.25) is 9.59 Å². The van der Waals surface area contributed by atoms with Crippen LogP contribution in [0.3, 0.4) is 0 Å². The van der Waals surface area contributed by atoms with E-state index in [2.05, 4.69) is 11.4 Å². The number of nitrogens with one attached hydrogen (secondary N) is 1. The van der Waals surface area contributed by atoms with E-state index in [1.807, 2.05) is 0 Å². The second-order valence-electron chi connectivity index (χ2n) is 4.59. The van der Waals surface area contributed by atoms with Crippen molar-refractivity contribution in [3.05, 3.63) is 58.0 Å². The van der Waals surface area contributed by atoms with Crippen LogP contribution in [0.15, 0.2) is 41.3 Å². The summed E-state index contributed by atoms with van der Waals surface area (Å²) >= 11 is 0. The van der Waals surface area contributed by atoms with Crippen molar-refractivity contribution < 1.29 is 4.79 Å². The molecular weight excluding hydrogens is 268 g/mol. The Balaban J connectivity index is 2.20. The highest BCUT2D eigenvalue weighted by Gasteiger charge is 2.10. The molecule has 21 heavy (non-hydrogen) atoms. The van der Waals surface area contributed by atoms with E-state index in [1.54, 1.807) is 25.1 Å². The van der Waals surface area contributed by atoms with Gasteiger partial charge in [-0.2, -0.15) is 5.26 Å². The lowest BCUT2D eigenvalue weighted by Crippen LogP contribution is -2.27. The Labute approximate surface area is 121 Å². The van der Waals surface area contributed by atoms with Gasteiger partial charge in [0.1, 0.15) is 12.6 Å². The molecule has 1 aromatic carbocycles. The van der Waals surface area contributed by atoms with Crippen molar-refractivity contribution in [1.29, 1.82) is 5.26 Å². The zero-order chi connectivity index (χ0) is 15.4. The first-order valence-corrected chi connectivity index (χ1v) is 6.27. The minimum atomic E-state index is -0.398. The van der Waals surface area contributed by atoms with Crippen molar-refractivity contribution in [2.24, 2.45) is 0 Å². The van der Waals surface area contributed by atoms with Gasteiger partial charge in [0.05, 0.1) is 11.3 Å². The van der Waals surface area contributed by atoms with Gasteiger partial charge in [-0.25, -0.2) is 0 Å². The second-order valence-corrected chi connectivity index (χ2v) is 4.59. The Hall–Kier alpha value is -3.07. The van der Waals surface area contributed by atoms with E-state index in [-0.39, 0.29) is 12.1 Å². The number of benzene rings is 1. The number of anilines is 2. The average molecular weight is 282 g/mol. The topological polar surface area (TPSA) is 101 Å². The van der Waals surface area contributed by atoms with E-state index in [0.29, 0.717) is 16.9 Å². The fourth-order valence-electron chi connectivity index (χ4n) is 1.94. The third-order valence-corrected chi connectivity index (χ3v) is 2.98. The smallest absolute Gasteiger partial charge is 0.251 e. The molecule has 2 aromatic rings. The molecule has 0 radical (unpaired) electrons. The molecule has 1 aromatic heterocycles. The summed E-state index contributed by atoms with van der Waals surface area (Å²) < 4.78 is 1.21. The van der Waals surface area contributed by atoms with Gasteiger partial charge in [0, 0.05) is 18.0 Å². The summed E-state index contributed by atoms with van der Waals surface area (Å²) in [4.78, 5) is 23.6. The van der Waals surface area contributed by atoms with Gasteiger partial charge >= 0.3 is 0 Å². The summed E-state index contributed by atoms with van der Waals surface area (Å²) in [6.07, 6.45) is 1.41. The molecule has 0 aliphatic rings. The number of amides is 1. The van der Waals surface area contributed by atoms with Crippen LogP contribution in [0.2, 0.25) is 0 Å². The highest BCUT2D eigenvalue weighted by Crippen LogP contribution is 2.18. The molecule has 0 saturated carbocycles. The highest BCUT2D eigenvalue weighted by atomic mass is 16.2. The Bertz CT molecular complexity index is 787. The molecule has 0 bridgehead atoms. The maximum absolute atomic E-state index is 12.0. The van der Waals surface area contributed by atoms with E-state index in [1.165, 1.54) is 22.9 Å². The second kappa shape index (κ2) is 5.92. The van der Waals surface area contributed by atoms with Crippen molar-refractivity contribution in [1.82, 2.24) is 4.57 Å². The Kier molecular flexibility index (Phi) is 4.05. The number of nitrogen functional groups attached to an aromatic ring is 1. The molecule has 3 N–H and O–H groups in total. The number of rotatable bonds is 3. The van der Waals surface area contributed by atoms with Crippen molar-refractivity contribution in [2.45, 2.75) is 13.5 Å². The molecule has 0 aliphatic carbocycles. The number of nitriles is 1. The van der Waals surface area contributed by atoms with Crippen LogP contribution in [0, 0.1) is 18.3 Å². The molecule has 0 atom stereocenters. The molecule has 2 rings (SSSR count). The SMILES string of the molecule is Cc1cccc(NC(=O)Cn2cc(N)ccc2=O)c1C#N. The molecule has 0 spiro atoms. The molecule has 0 fully saturated rings. The predicted molar refractivity (Wildman–Crippen MR) is 79.6 cm³/mol. The van der Waals surface area contributed by atoms with Gasteiger partial charge in [-0.1, -0.05) is 12.1 Å². The van der Waals surface area contributed by atoms with E-state index in [9.17, 15) is 9.59 Å². The number of hydrogen-bond acceptors (Lipinski definition) is 4. The van der Waals surface area contributed by atoms with Gasteiger partial charge in [0.2, 0.25) is 5.91 Å². The normalized spacial score (nSPS) is 9.90. The molecule has 6 heteroatoms. The molecular formula is C15H14N4O2. The van der Waals surface area contributed by atoms with Crippen LogP contribution >= 0.6 is 0 Å².